The average Bonchev–Trinajstić information content (AvgIpc) is 3.01. The van der Waals surface area contributed by atoms with Crippen molar-refractivity contribution in [2.45, 2.75) is 38.8 Å². The van der Waals surface area contributed by atoms with Gasteiger partial charge in [-0.2, -0.15) is 5.26 Å². The van der Waals surface area contributed by atoms with Gasteiger partial charge in [-0.3, -0.25) is 0 Å². The SMILES string of the molecule is CC(C)(C)OC(=O)N1CC[C@H](Nc2nc(C#N)cc3cccc(F)c23)C1. The monoisotopic (exact) mass is 356 g/mol. The standard InChI is InChI=1S/C19H21FN4O2/c1-19(2,3)26-18(25)24-8-7-13(11-24)22-17-16-12(5-4-6-15(16)20)9-14(10-21)23-17/h4-6,9,13H,7-8,11H2,1-3H3,(H,22,23)/t13-/m0/s1. The minimum Gasteiger partial charge on any atom is -0.444 e. The third-order valence-electron chi connectivity index (χ3n) is 4.10. The summed E-state index contributed by atoms with van der Waals surface area (Å²) in [7, 11) is 0. The third kappa shape index (κ3) is 3.85. The van der Waals surface area contributed by atoms with Crippen molar-refractivity contribution in [2.24, 2.45) is 0 Å². The summed E-state index contributed by atoms with van der Waals surface area (Å²) in [4.78, 5) is 18.0. The number of aromatic nitrogens is 1. The Hall–Kier alpha value is -2.88. The van der Waals surface area contributed by atoms with Crippen molar-refractivity contribution in [1.29, 1.82) is 5.26 Å². The first-order valence-corrected chi connectivity index (χ1v) is 8.50. The van der Waals surface area contributed by atoms with E-state index in [2.05, 4.69) is 10.3 Å². The van der Waals surface area contributed by atoms with Crippen molar-refractivity contribution in [3.05, 3.63) is 35.8 Å². The molecule has 1 amide bonds. The lowest BCUT2D eigenvalue weighted by Crippen LogP contribution is -2.36. The van der Waals surface area contributed by atoms with Crippen molar-refractivity contribution in [2.75, 3.05) is 18.4 Å². The zero-order valence-electron chi connectivity index (χ0n) is 15.0. The van der Waals surface area contributed by atoms with Crippen LogP contribution in [0.15, 0.2) is 24.3 Å². The highest BCUT2D eigenvalue weighted by Gasteiger charge is 2.30. The number of ether oxygens (including phenoxy) is 1. The molecule has 0 aliphatic carbocycles. The molecule has 1 aromatic heterocycles. The zero-order chi connectivity index (χ0) is 18.9. The molecule has 1 atom stereocenters. The van der Waals surface area contributed by atoms with Crippen LogP contribution in [0.2, 0.25) is 0 Å². The number of hydrogen-bond acceptors (Lipinski definition) is 5. The lowest BCUT2D eigenvalue weighted by atomic mass is 10.1. The highest BCUT2D eigenvalue weighted by atomic mass is 19.1. The quantitative estimate of drug-likeness (QED) is 0.888. The van der Waals surface area contributed by atoms with Crippen LogP contribution in [0.4, 0.5) is 15.0 Å². The Morgan fingerprint density at radius 3 is 2.92 bits per heavy atom. The van der Waals surface area contributed by atoms with Crippen LogP contribution in [0.5, 0.6) is 0 Å². The van der Waals surface area contributed by atoms with E-state index in [-0.39, 0.29) is 17.8 Å². The third-order valence-corrected chi connectivity index (χ3v) is 4.10. The number of rotatable bonds is 2. The Morgan fingerprint density at radius 2 is 2.23 bits per heavy atom. The van der Waals surface area contributed by atoms with Gasteiger partial charge in [0.2, 0.25) is 0 Å². The van der Waals surface area contributed by atoms with Crippen molar-refractivity contribution >= 4 is 22.7 Å². The van der Waals surface area contributed by atoms with Crippen LogP contribution in [0.25, 0.3) is 10.8 Å². The van der Waals surface area contributed by atoms with E-state index in [1.807, 2.05) is 26.8 Å². The molecule has 1 saturated heterocycles. The molecule has 3 rings (SSSR count). The molecule has 26 heavy (non-hydrogen) atoms. The second-order valence-corrected chi connectivity index (χ2v) is 7.36. The van der Waals surface area contributed by atoms with Gasteiger partial charge < -0.3 is 15.0 Å². The molecule has 136 valence electrons. The molecular formula is C19H21FN4O2. The van der Waals surface area contributed by atoms with Crippen LogP contribution < -0.4 is 5.32 Å². The minimum absolute atomic E-state index is 0.0910. The van der Waals surface area contributed by atoms with Gasteiger partial charge in [0.05, 0.1) is 5.39 Å². The number of amides is 1. The first kappa shape index (κ1) is 17.9. The van der Waals surface area contributed by atoms with Gasteiger partial charge in [-0.1, -0.05) is 12.1 Å². The zero-order valence-corrected chi connectivity index (χ0v) is 15.0. The number of benzene rings is 1. The summed E-state index contributed by atoms with van der Waals surface area (Å²) < 4.78 is 19.7. The lowest BCUT2D eigenvalue weighted by molar-refractivity contribution is 0.0293. The fourth-order valence-corrected chi connectivity index (χ4v) is 2.99. The molecule has 0 saturated carbocycles. The minimum atomic E-state index is -0.551. The number of anilines is 1. The van der Waals surface area contributed by atoms with Gasteiger partial charge in [-0.05, 0) is 44.7 Å². The second-order valence-electron chi connectivity index (χ2n) is 7.36. The number of halogens is 1. The van der Waals surface area contributed by atoms with Crippen molar-refractivity contribution in [3.63, 3.8) is 0 Å². The Labute approximate surface area is 151 Å². The van der Waals surface area contributed by atoms with E-state index >= 15 is 0 Å². The lowest BCUT2D eigenvalue weighted by Gasteiger charge is -2.24. The van der Waals surface area contributed by atoms with E-state index in [1.165, 1.54) is 6.07 Å². The van der Waals surface area contributed by atoms with E-state index in [0.717, 1.165) is 0 Å². The number of nitriles is 1. The summed E-state index contributed by atoms with van der Waals surface area (Å²) in [5.74, 6) is -0.0721. The van der Waals surface area contributed by atoms with Crippen LogP contribution in [-0.2, 0) is 4.74 Å². The number of carbonyl (C=O) groups is 1. The Kier molecular flexibility index (Phi) is 4.68. The number of nitrogens with one attached hydrogen (secondary N) is 1. The van der Waals surface area contributed by atoms with Crippen molar-refractivity contribution in [3.8, 4) is 6.07 Å². The molecular weight excluding hydrogens is 335 g/mol. The fraction of sp³-hybridized carbons (Fsp3) is 0.421. The Bertz CT molecular complexity index is 885. The van der Waals surface area contributed by atoms with Gasteiger partial charge in [-0.15, -0.1) is 0 Å². The summed E-state index contributed by atoms with van der Waals surface area (Å²) in [6.45, 7) is 6.45. The van der Waals surface area contributed by atoms with Crippen molar-refractivity contribution < 1.29 is 13.9 Å². The van der Waals surface area contributed by atoms with Gasteiger partial charge in [0.15, 0.2) is 0 Å². The highest BCUT2D eigenvalue weighted by molar-refractivity contribution is 5.93. The van der Waals surface area contributed by atoms with Gasteiger partial charge in [0.1, 0.15) is 29.0 Å². The molecule has 7 heteroatoms. The van der Waals surface area contributed by atoms with Crippen LogP contribution in [-0.4, -0.2) is 40.7 Å². The molecule has 1 aromatic carbocycles. The van der Waals surface area contributed by atoms with Gasteiger partial charge >= 0.3 is 6.09 Å². The van der Waals surface area contributed by atoms with Crippen LogP contribution in [0.3, 0.4) is 0 Å². The largest absolute Gasteiger partial charge is 0.444 e. The average molecular weight is 356 g/mol. The predicted molar refractivity (Wildman–Crippen MR) is 96.3 cm³/mol. The molecule has 1 N–H and O–H groups in total. The second kappa shape index (κ2) is 6.79. The number of nitrogens with zero attached hydrogens (tertiary/aromatic N) is 3. The number of pyridine rings is 1. The molecule has 1 aliphatic heterocycles. The molecule has 6 nitrogen and oxygen atoms in total. The topological polar surface area (TPSA) is 78.2 Å². The number of likely N-dealkylation sites (tertiary alicyclic amines) is 1. The van der Waals surface area contributed by atoms with E-state index < -0.39 is 11.4 Å². The number of carbonyl (C=O) groups excluding carboxylic acids is 1. The number of fused-ring (bicyclic) bond motifs is 1. The van der Waals surface area contributed by atoms with Gasteiger partial charge in [-0.25, -0.2) is 14.2 Å². The molecule has 1 fully saturated rings. The summed E-state index contributed by atoms with van der Waals surface area (Å²) in [5.41, 5.74) is -0.336. The molecule has 0 spiro atoms. The molecule has 2 heterocycles. The summed E-state index contributed by atoms with van der Waals surface area (Å²) in [6.07, 6.45) is 0.324. The maximum Gasteiger partial charge on any atom is 0.410 e. The first-order chi connectivity index (χ1) is 12.3. The van der Waals surface area contributed by atoms with Crippen LogP contribution in [0, 0.1) is 17.1 Å². The van der Waals surface area contributed by atoms with Gasteiger partial charge in [0, 0.05) is 19.1 Å². The first-order valence-electron chi connectivity index (χ1n) is 8.50. The predicted octanol–water partition coefficient (Wildman–Crippen LogP) is 3.67. The number of hydrogen-bond donors (Lipinski definition) is 1. The van der Waals surface area contributed by atoms with E-state index in [4.69, 9.17) is 4.74 Å². The Morgan fingerprint density at radius 1 is 1.46 bits per heavy atom. The Balaban J connectivity index is 1.80. The molecule has 1 aliphatic rings. The maximum absolute atomic E-state index is 14.3. The summed E-state index contributed by atoms with van der Waals surface area (Å²) >= 11 is 0. The van der Waals surface area contributed by atoms with Gasteiger partial charge in [0.25, 0.3) is 0 Å². The summed E-state index contributed by atoms with van der Waals surface area (Å²) in [5, 5.41) is 13.3. The van der Waals surface area contributed by atoms with Crippen LogP contribution in [0.1, 0.15) is 32.9 Å². The molecule has 0 bridgehead atoms. The van der Waals surface area contributed by atoms with E-state index in [9.17, 15) is 14.4 Å². The molecule has 0 unspecified atom stereocenters. The highest BCUT2D eigenvalue weighted by Crippen LogP contribution is 2.27. The van der Waals surface area contributed by atoms with E-state index in [0.29, 0.717) is 36.1 Å². The smallest absolute Gasteiger partial charge is 0.410 e. The molecule has 2 aromatic rings. The van der Waals surface area contributed by atoms with E-state index in [1.54, 1.807) is 23.1 Å². The van der Waals surface area contributed by atoms with Crippen LogP contribution >= 0.6 is 0 Å². The fourth-order valence-electron chi connectivity index (χ4n) is 2.99. The normalized spacial score (nSPS) is 17.2. The van der Waals surface area contributed by atoms with Crippen molar-refractivity contribution in [1.82, 2.24) is 9.88 Å². The molecule has 0 radical (unpaired) electrons. The maximum atomic E-state index is 14.3. The summed E-state index contributed by atoms with van der Waals surface area (Å²) in [6, 6.07) is 8.18.